The first-order valence-corrected chi connectivity index (χ1v) is 11.9. The zero-order chi connectivity index (χ0) is 20.1. The van der Waals surface area contributed by atoms with E-state index in [-0.39, 0.29) is 11.8 Å². The summed E-state index contributed by atoms with van der Waals surface area (Å²) < 4.78 is 33.3. The van der Waals surface area contributed by atoms with Crippen molar-refractivity contribution in [1.29, 1.82) is 0 Å². The number of nitrogens with one attached hydrogen (secondary N) is 1. The number of rotatable bonds is 7. The van der Waals surface area contributed by atoms with Crippen molar-refractivity contribution in [3.63, 3.8) is 0 Å². The minimum absolute atomic E-state index is 0.100. The van der Waals surface area contributed by atoms with Gasteiger partial charge in [0.25, 0.3) is 0 Å². The zero-order valence-corrected chi connectivity index (χ0v) is 17.4. The van der Waals surface area contributed by atoms with Crippen LogP contribution in [0.25, 0.3) is 0 Å². The minimum atomic E-state index is -3.33. The largest absolute Gasteiger partial charge is 0.381 e. The second-order valence-electron chi connectivity index (χ2n) is 7.77. The maximum Gasteiger partial charge on any atom is 0.225 e. The van der Waals surface area contributed by atoms with Gasteiger partial charge in [-0.15, -0.1) is 0 Å². The summed E-state index contributed by atoms with van der Waals surface area (Å²) in [6.45, 7) is 2.91. The molecule has 0 radical (unpaired) electrons. The minimum Gasteiger partial charge on any atom is -0.381 e. The Morgan fingerprint density at radius 2 is 1.90 bits per heavy atom. The molecule has 1 N–H and O–H groups in total. The summed E-state index contributed by atoms with van der Waals surface area (Å²) in [5, 5.41) is 0. The third-order valence-electron chi connectivity index (χ3n) is 5.62. The number of aryl methyl sites for hydroxylation is 1. The number of nitrogens with zero attached hydrogens (tertiary/aromatic N) is 3. The van der Waals surface area contributed by atoms with E-state index in [1.807, 2.05) is 42.6 Å². The van der Waals surface area contributed by atoms with E-state index >= 15 is 0 Å². The molecular weight excluding hydrogens is 388 g/mol. The van der Waals surface area contributed by atoms with Crippen LogP contribution in [0.4, 0.5) is 5.95 Å². The number of aromatic nitrogens is 2. The molecule has 7 nitrogen and oxygen atoms in total. The van der Waals surface area contributed by atoms with Crippen LogP contribution in [0, 0.1) is 0 Å². The van der Waals surface area contributed by atoms with Gasteiger partial charge in [-0.05, 0) is 37.3 Å². The highest BCUT2D eigenvalue weighted by molar-refractivity contribution is 7.89. The summed E-state index contributed by atoms with van der Waals surface area (Å²) in [6.07, 6.45) is 5.06. The summed E-state index contributed by atoms with van der Waals surface area (Å²) in [6, 6.07) is 11.6. The van der Waals surface area contributed by atoms with Gasteiger partial charge in [0.2, 0.25) is 16.0 Å². The Kier molecular flexibility index (Phi) is 6.42. The summed E-state index contributed by atoms with van der Waals surface area (Å²) in [5.74, 6) is 1.21. The van der Waals surface area contributed by atoms with Gasteiger partial charge < -0.3 is 9.64 Å². The maximum absolute atomic E-state index is 12.5. The molecule has 2 aliphatic heterocycles. The van der Waals surface area contributed by atoms with Crippen molar-refractivity contribution < 1.29 is 13.2 Å². The van der Waals surface area contributed by atoms with Crippen molar-refractivity contribution in [2.75, 3.05) is 37.0 Å². The van der Waals surface area contributed by atoms with Gasteiger partial charge in [-0.2, -0.15) is 0 Å². The molecule has 1 aromatic heterocycles. The third kappa shape index (κ3) is 5.52. The fourth-order valence-corrected chi connectivity index (χ4v) is 5.31. The molecule has 8 heteroatoms. The van der Waals surface area contributed by atoms with E-state index < -0.39 is 10.0 Å². The quantitative estimate of drug-likeness (QED) is 0.744. The fourth-order valence-electron chi connectivity index (χ4n) is 3.98. The van der Waals surface area contributed by atoms with Gasteiger partial charge in [-0.25, -0.2) is 23.1 Å². The van der Waals surface area contributed by atoms with E-state index in [1.54, 1.807) is 0 Å². The molecule has 2 aromatic rings. The number of hydrogen-bond donors (Lipinski definition) is 1. The Morgan fingerprint density at radius 1 is 1.10 bits per heavy atom. The van der Waals surface area contributed by atoms with Crippen molar-refractivity contribution in [3.8, 4) is 0 Å². The van der Waals surface area contributed by atoms with Crippen molar-refractivity contribution in [2.45, 2.75) is 37.6 Å². The highest BCUT2D eigenvalue weighted by atomic mass is 32.2. The van der Waals surface area contributed by atoms with E-state index in [1.165, 1.54) is 0 Å². The van der Waals surface area contributed by atoms with Gasteiger partial charge in [-0.3, -0.25) is 0 Å². The monoisotopic (exact) mass is 416 g/mol. The number of benzene rings is 1. The molecule has 1 unspecified atom stereocenters. The molecule has 2 aliphatic rings. The van der Waals surface area contributed by atoms with Crippen LogP contribution in [0.1, 0.15) is 36.4 Å². The molecule has 29 heavy (non-hydrogen) atoms. The highest BCUT2D eigenvalue weighted by Crippen LogP contribution is 2.27. The number of sulfonamides is 1. The SMILES string of the molecule is O=S(=O)(CCc1ccccc1)NC1CCN(c2nccc(C3CCOCC3)n2)C1. The molecule has 0 aliphatic carbocycles. The Bertz CT molecular complexity index is 901. The average molecular weight is 417 g/mol. The third-order valence-corrected chi connectivity index (χ3v) is 7.06. The standard InChI is InChI=1S/C21H28N4O3S/c26-29(27,15-10-17-4-2-1-3-5-17)24-19-7-12-25(16-19)21-22-11-6-20(23-21)18-8-13-28-14-9-18/h1-6,11,18-19,24H,7-10,12-16H2. The maximum atomic E-state index is 12.5. The van der Waals surface area contributed by atoms with Crippen LogP contribution in [-0.2, 0) is 21.2 Å². The second kappa shape index (κ2) is 9.19. The Morgan fingerprint density at radius 3 is 2.69 bits per heavy atom. The molecule has 0 saturated carbocycles. The number of ether oxygens (including phenoxy) is 1. The summed E-state index contributed by atoms with van der Waals surface area (Å²) in [5.41, 5.74) is 2.09. The van der Waals surface area contributed by atoms with Gasteiger partial charge in [0.1, 0.15) is 0 Å². The molecule has 0 spiro atoms. The lowest BCUT2D eigenvalue weighted by atomic mass is 9.96. The van der Waals surface area contributed by atoms with Gasteiger partial charge in [-0.1, -0.05) is 30.3 Å². The van der Waals surface area contributed by atoms with Crippen molar-refractivity contribution in [1.82, 2.24) is 14.7 Å². The van der Waals surface area contributed by atoms with E-state index in [0.29, 0.717) is 24.8 Å². The van der Waals surface area contributed by atoms with Crippen LogP contribution >= 0.6 is 0 Å². The van der Waals surface area contributed by atoms with Gasteiger partial charge >= 0.3 is 0 Å². The van der Waals surface area contributed by atoms with E-state index in [2.05, 4.69) is 14.6 Å². The molecule has 2 saturated heterocycles. The van der Waals surface area contributed by atoms with Gasteiger partial charge in [0.05, 0.1) is 5.75 Å². The zero-order valence-electron chi connectivity index (χ0n) is 16.5. The summed E-state index contributed by atoms with van der Waals surface area (Å²) >= 11 is 0. The molecule has 4 rings (SSSR count). The normalized spacial score (nSPS) is 20.8. The first-order chi connectivity index (χ1) is 14.1. The van der Waals surface area contributed by atoms with E-state index in [4.69, 9.17) is 9.72 Å². The lowest BCUT2D eigenvalue weighted by molar-refractivity contribution is 0.0845. The Balaban J connectivity index is 1.33. The number of hydrogen-bond acceptors (Lipinski definition) is 6. The van der Waals surface area contributed by atoms with E-state index in [0.717, 1.165) is 50.3 Å². The van der Waals surface area contributed by atoms with Crippen molar-refractivity contribution in [2.24, 2.45) is 0 Å². The molecule has 1 atom stereocenters. The van der Waals surface area contributed by atoms with Crippen LogP contribution in [0.3, 0.4) is 0 Å². The molecule has 0 amide bonds. The molecule has 0 bridgehead atoms. The van der Waals surface area contributed by atoms with E-state index in [9.17, 15) is 8.42 Å². The smallest absolute Gasteiger partial charge is 0.225 e. The Hall–Kier alpha value is -2.03. The summed E-state index contributed by atoms with van der Waals surface area (Å²) in [4.78, 5) is 11.3. The fraction of sp³-hybridized carbons (Fsp3) is 0.524. The van der Waals surface area contributed by atoms with Crippen LogP contribution in [-0.4, -0.2) is 56.5 Å². The molecule has 2 fully saturated rings. The van der Waals surface area contributed by atoms with Crippen molar-refractivity contribution >= 4 is 16.0 Å². The predicted octanol–water partition coefficient (Wildman–Crippen LogP) is 2.11. The van der Waals surface area contributed by atoms with Gasteiger partial charge in [0.15, 0.2) is 0 Å². The number of anilines is 1. The average Bonchev–Trinajstić information content (AvgIpc) is 3.22. The van der Waals surface area contributed by atoms with Gasteiger partial charge in [0, 0.05) is 50.2 Å². The Labute approximate surface area is 172 Å². The molecule has 156 valence electrons. The first kappa shape index (κ1) is 20.3. The highest BCUT2D eigenvalue weighted by Gasteiger charge is 2.28. The lowest BCUT2D eigenvalue weighted by Gasteiger charge is -2.23. The van der Waals surface area contributed by atoms with Crippen LogP contribution in [0.2, 0.25) is 0 Å². The predicted molar refractivity (Wildman–Crippen MR) is 113 cm³/mol. The summed E-state index contributed by atoms with van der Waals surface area (Å²) in [7, 11) is -3.33. The van der Waals surface area contributed by atoms with Crippen LogP contribution < -0.4 is 9.62 Å². The van der Waals surface area contributed by atoms with Crippen LogP contribution in [0.15, 0.2) is 42.6 Å². The van der Waals surface area contributed by atoms with Crippen LogP contribution in [0.5, 0.6) is 0 Å². The molecule has 1 aromatic carbocycles. The first-order valence-electron chi connectivity index (χ1n) is 10.3. The molecular formula is C21H28N4O3S. The molecule has 3 heterocycles. The van der Waals surface area contributed by atoms with Crippen molar-refractivity contribution in [3.05, 3.63) is 53.9 Å². The second-order valence-corrected chi connectivity index (χ2v) is 9.65. The topological polar surface area (TPSA) is 84.4 Å². The lowest BCUT2D eigenvalue weighted by Crippen LogP contribution is -2.39.